The number of hydrogen-bond donors (Lipinski definition) is 0. The Morgan fingerprint density at radius 2 is 1.63 bits per heavy atom. The van der Waals surface area contributed by atoms with Crippen molar-refractivity contribution in [2.24, 2.45) is 0 Å². The smallest absolute Gasteiger partial charge is 0.182 e. The first-order chi connectivity index (χ1) is 8.88. The third-order valence-corrected chi connectivity index (χ3v) is 3.61. The first-order valence-electron chi connectivity index (χ1n) is 6.21. The molecule has 0 amide bonds. The molecule has 0 radical (unpaired) electrons. The first-order valence-corrected chi connectivity index (χ1v) is 6.21. The van der Waals surface area contributed by atoms with Gasteiger partial charge in [-0.15, -0.1) is 0 Å². The summed E-state index contributed by atoms with van der Waals surface area (Å²) in [6.45, 7) is 9.45. The number of methoxy groups -OCH3 is 1. The molecule has 0 spiro atoms. The second-order valence-corrected chi connectivity index (χ2v) is 4.81. The molecule has 19 heavy (non-hydrogen) atoms. The molecule has 0 fully saturated rings. The van der Waals surface area contributed by atoms with E-state index in [-0.39, 0.29) is 5.78 Å². The molecule has 0 atom stereocenters. The molecule has 0 saturated heterocycles. The fourth-order valence-electron chi connectivity index (χ4n) is 2.37. The van der Waals surface area contributed by atoms with E-state index in [0.29, 0.717) is 11.4 Å². The minimum absolute atomic E-state index is 0.112. The van der Waals surface area contributed by atoms with Gasteiger partial charge in [-0.2, -0.15) is 0 Å². The Kier molecular flexibility index (Phi) is 3.27. The van der Waals surface area contributed by atoms with Crippen LogP contribution in [0.1, 0.15) is 39.9 Å². The van der Waals surface area contributed by atoms with Gasteiger partial charge in [0.2, 0.25) is 0 Å². The molecule has 0 N–H and O–H groups in total. The number of rotatable bonds is 2. The minimum Gasteiger partial charge on any atom is -0.492 e. The largest absolute Gasteiger partial charge is 0.492 e. The number of aryl methyl sites for hydroxylation is 3. The van der Waals surface area contributed by atoms with Gasteiger partial charge in [-0.3, -0.25) is 4.79 Å². The van der Waals surface area contributed by atoms with Gasteiger partial charge in [-0.1, -0.05) is 0 Å². The van der Waals surface area contributed by atoms with Crippen molar-refractivity contribution in [2.45, 2.75) is 34.6 Å². The molecule has 2 heterocycles. The lowest BCUT2D eigenvalue weighted by molar-refractivity contribution is 0.101. The van der Waals surface area contributed by atoms with E-state index in [1.165, 1.54) is 6.92 Å². The number of hydrogen-bond acceptors (Lipinski definition) is 4. The molecule has 0 aliphatic rings. The van der Waals surface area contributed by atoms with E-state index in [4.69, 9.17) is 4.74 Å². The molecule has 2 aromatic heterocycles. The van der Waals surface area contributed by atoms with Crippen molar-refractivity contribution in [3.8, 4) is 5.75 Å². The molecule has 0 aliphatic carbocycles. The predicted octanol–water partition coefficient (Wildman–Crippen LogP) is 3.07. The van der Waals surface area contributed by atoms with Crippen molar-refractivity contribution in [3.63, 3.8) is 0 Å². The number of pyridine rings is 2. The molecular formula is C15H18N2O2. The van der Waals surface area contributed by atoms with Gasteiger partial charge in [0.05, 0.1) is 7.11 Å². The summed E-state index contributed by atoms with van der Waals surface area (Å²) in [5.41, 5.74) is 5.12. The van der Waals surface area contributed by atoms with Crippen LogP contribution in [-0.4, -0.2) is 22.9 Å². The summed E-state index contributed by atoms with van der Waals surface area (Å²) < 4.78 is 5.38. The third-order valence-electron chi connectivity index (χ3n) is 3.61. The topological polar surface area (TPSA) is 52.1 Å². The maximum atomic E-state index is 11.7. The summed E-state index contributed by atoms with van der Waals surface area (Å²) in [6, 6.07) is 0. The minimum atomic E-state index is -0.112. The second-order valence-electron chi connectivity index (χ2n) is 4.81. The Hall–Kier alpha value is -1.97. The molecule has 4 nitrogen and oxygen atoms in total. The lowest BCUT2D eigenvalue weighted by atomic mass is 10.0. The van der Waals surface area contributed by atoms with Crippen LogP contribution < -0.4 is 4.74 Å². The molecule has 4 heteroatoms. The first kappa shape index (κ1) is 13.5. The van der Waals surface area contributed by atoms with Gasteiger partial charge in [0.25, 0.3) is 0 Å². The highest BCUT2D eigenvalue weighted by molar-refractivity contribution is 6.02. The van der Waals surface area contributed by atoms with E-state index in [0.717, 1.165) is 33.4 Å². The van der Waals surface area contributed by atoms with Gasteiger partial charge < -0.3 is 4.74 Å². The van der Waals surface area contributed by atoms with Gasteiger partial charge in [0.1, 0.15) is 5.52 Å². The van der Waals surface area contributed by atoms with E-state index in [9.17, 15) is 4.79 Å². The van der Waals surface area contributed by atoms with E-state index in [2.05, 4.69) is 9.97 Å². The predicted molar refractivity (Wildman–Crippen MR) is 75.0 cm³/mol. The fraction of sp³-hybridized carbons (Fsp3) is 0.400. The number of carbonyl (C=O) groups excluding carboxylic acids is 1. The molecule has 0 unspecified atom stereocenters. The van der Waals surface area contributed by atoms with Crippen molar-refractivity contribution >= 4 is 16.7 Å². The van der Waals surface area contributed by atoms with Crippen LogP contribution in [-0.2, 0) is 0 Å². The Morgan fingerprint density at radius 3 is 2.16 bits per heavy atom. The molecule has 0 bridgehead atoms. The van der Waals surface area contributed by atoms with Crippen LogP contribution in [0.25, 0.3) is 10.9 Å². The number of nitrogens with zero attached hydrogens (tertiary/aromatic N) is 2. The highest BCUT2D eigenvalue weighted by Crippen LogP contribution is 2.33. The summed E-state index contributed by atoms with van der Waals surface area (Å²) >= 11 is 0. The Morgan fingerprint density at radius 1 is 1.00 bits per heavy atom. The number of ketones is 1. The maximum Gasteiger partial charge on any atom is 0.182 e. The van der Waals surface area contributed by atoms with Crippen LogP contribution in [0, 0.1) is 27.7 Å². The van der Waals surface area contributed by atoms with E-state index < -0.39 is 0 Å². The van der Waals surface area contributed by atoms with Gasteiger partial charge in [0.15, 0.2) is 17.2 Å². The van der Waals surface area contributed by atoms with Gasteiger partial charge >= 0.3 is 0 Å². The highest BCUT2D eigenvalue weighted by atomic mass is 16.5. The van der Waals surface area contributed by atoms with Crippen molar-refractivity contribution < 1.29 is 9.53 Å². The summed E-state index contributed by atoms with van der Waals surface area (Å²) in [6.07, 6.45) is 0. The average Bonchev–Trinajstić information content (AvgIpc) is 2.35. The van der Waals surface area contributed by atoms with Crippen LogP contribution >= 0.6 is 0 Å². The van der Waals surface area contributed by atoms with Crippen LogP contribution in [0.3, 0.4) is 0 Å². The van der Waals surface area contributed by atoms with Crippen molar-refractivity contribution in [3.05, 3.63) is 28.2 Å². The zero-order valence-corrected chi connectivity index (χ0v) is 12.2. The zero-order valence-electron chi connectivity index (χ0n) is 12.2. The molecular weight excluding hydrogens is 240 g/mol. The lowest BCUT2D eigenvalue weighted by Crippen LogP contribution is -2.07. The van der Waals surface area contributed by atoms with Crippen molar-refractivity contribution in [1.82, 2.24) is 9.97 Å². The zero-order chi connectivity index (χ0) is 14.3. The molecule has 0 saturated carbocycles. The fourth-order valence-corrected chi connectivity index (χ4v) is 2.37. The monoisotopic (exact) mass is 258 g/mol. The van der Waals surface area contributed by atoms with Crippen LogP contribution in [0.4, 0.5) is 0 Å². The molecule has 100 valence electrons. The van der Waals surface area contributed by atoms with E-state index in [1.54, 1.807) is 7.11 Å². The van der Waals surface area contributed by atoms with Crippen LogP contribution in [0.15, 0.2) is 0 Å². The summed E-state index contributed by atoms with van der Waals surface area (Å²) in [7, 11) is 1.55. The molecule has 0 aromatic carbocycles. The normalized spacial score (nSPS) is 10.8. The number of ether oxygens (including phenoxy) is 1. The summed E-state index contributed by atoms with van der Waals surface area (Å²) in [5.74, 6) is 0.360. The molecule has 0 aliphatic heterocycles. The number of carbonyl (C=O) groups is 1. The Bertz CT molecular complexity index is 691. The Labute approximate surface area is 112 Å². The third kappa shape index (κ3) is 1.97. The SMILES string of the molecule is COc1c(C(C)=O)nc(C)c2c(C)c(C)c(C)nc12. The van der Waals surface area contributed by atoms with Gasteiger partial charge in [0, 0.05) is 23.7 Å². The van der Waals surface area contributed by atoms with E-state index in [1.807, 2.05) is 27.7 Å². The highest BCUT2D eigenvalue weighted by Gasteiger charge is 2.19. The second kappa shape index (κ2) is 4.61. The van der Waals surface area contributed by atoms with Crippen molar-refractivity contribution in [2.75, 3.05) is 7.11 Å². The van der Waals surface area contributed by atoms with Gasteiger partial charge in [-0.25, -0.2) is 9.97 Å². The van der Waals surface area contributed by atoms with Crippen molar-refractivity contribution in [1.29, 1.82) is 0 Å². The Balaban J connectivity index is 3.04. The quantitative estimate of drug-likeness (QED) is 0.777. The van der Waals surface area contributed by atoms with Gasteiger partial charge in [-0.05, 0) is 38.8 Å². The average molecular weight is 258 g/mol. The maximum absolute atomic E-state index is 11.7. The van der Waals surface area contributed by atoms with Crippen LogP contribution in [0.2, 0.25) is 0 Å². The molecule has 2 aromatic rings. The summed E-state index contributed by atoms with van der Waals surface area (Å²) in [4.78, 5) is 20.7. The number of fused-ring (bicyclic) bond motifs is 1. The lowest BCUT2D eigenvalue weighted by Gasteiger charge is -2.15. The molecule has 2 rings (SSSR count). The number of Topliss-reactive ketones (excluding diaryl/α,β-unsaturated/α-hetero) is 1. The van der Waals surface area contributed by atoms with Crippen LogP contribution in [0.5, 0.6) is 5.75 Å². The standard InChI is InChI=1S/C15H18N2O2/c1-7-8(2)12-10(4)17-13(11(5)18)15(19-6)14(12)16-9(7)3/h1-6H3. The number of aromatic nitrogens is 2. The summed E-state index contributed by atoms with van der Waals surface area (Å²) in [5, 5.41) is 0.977. The van der Waals surface area contributed by atoms with E-state index >= 15 is 0 Å².